The number of aryl methyl sites for hydroxylation is 3. The fourth-order valence-electron chi connectivity index (χ4n) is 4.35. The Morgan fingerprint density at radius 3 is 2.64 bits per heavy atom. The summed E-state index contributed by atoms with van der Waals surface area (Å²) in [5, 5.41) is 12.1. The van der Waals surface area contributed by atoms with E-state index < -0.39 is 12.0 Å². The highest BCUT2D eigenvalue weighted by atomic mass is 16.5. The molecule has 7 nitrogen and oxygen atoms in total. The van der Waals surface area contributed by atoms with E-state index in [4.69, 9.17) is 9.15 Å². The fourth-order valence-corrected chi connectivity index (χ4v) is 4.35. The van der Waals surface area contributed by atoms with Gasteiger partial charge in [-0.2, -0.15) is 0 Å². The van der Waals surface area contributed by atoms with Crippen molar-refractivity contribution in [1.29, 1.82) is 0 Å². The summed E-state index contributed by atoms with van der Waals surface area (Å²) in [6.07, 6.45) is 3.43. The first-order valence-electron chi connectivity index (χ1n) is 11.8. The number of rotatable bonds is 9. The molecule has 1 aromatic carbocycles. The zero-order chi connectivity index (χ0) is 24.1. The summed E-state index contributed by atoms with van der Waals surface area (Å²) in [5.74, 6) is 0.137. The second kappa shape index (κ2) is 11.0. The minimum atomic E-state index is -0.989. The number of carboxylic acids is 1. The van der Waals surface area contributed by atoms with Crippen LogP contribution in [0.15, 0.2) is 22.6 Å². The standard InChI is InChI=1S/C26H36N2O5/c1-15(2)23(26(30)31)28-24(29)20-8-6-7-19(12-20)13-32-14-22-18(5)33-25(27-22)21-10-9-16(3)17(4)11-21/h9-11,15,19-20,23H,6-8,12-14H2,1-5H3,(H,28,29)(H,30,31)/t19?,20?,23-/m0/s1. The lowest BCUT2D eigenvalue weighted by Crippen LogP contribution is -2.47. The summed E-state index contributed by atoms with van der Waals surface area (Å²) in [6.45, 7) is 10.5. The van der Waals surface area contributed by atoms with E-state index in [1.807, 2.05) is 13.0 Å². The molecule has 1 saturated carbocycles. The van der Waals surface area contributed by atoms with Crippen molar-refractivity contribution in [2.24, 2.45) is 17.8 Å². The first-order chi connectivity index (χ1) is 15.7. The molecule has 2 aromatic rings. The zero-order valence-electron chi connectivity index (χ0n) is 20.3. The normalized spacial score (nSPS) is 19.5. The van der Waals surface area contributed by atoms with E-state index in [0.717, 1.165) is 36.3 Å². The molecule has 0 aliphatic heterocycles. The highest BCUT2D eigenvalue weighted by Gasteiger charge is 2.31. The largest absolute Gasteiger partial charge is 0.480 e. The van der Waals surface area contributed by atoms with Gasteiger partial charge in [-0.3, -0.25) is 4.79 Å². The number of benzene rings is 1. The van der Waals surface area contributed by atoms with Crippen molar-refractivity contribution in [1.82, 2.24) is 10.3 Å². The Balaban J connectivity index is 1.52. The zero-order valence-corrected chi connectivity index (χ0v) is 20.3. The molecule has 1 aliphatic carbocycles. The number of amides is 1. The van der Waals surface area contributed by atoms with Gasteiger partial charge in [0.05, 0.1) is 6.61 Å². The number of hydrogen-bond acceptors (Lipinski definition) is 5. The van der Waals surface area contributed by atoms with Gasteiger partial charge in [-0.05, 0) is 75.1 Å². The number of ether oxygens (including phenoxy) is 1. The molecule has 2 N–H and O–H groups in total. The predicted octanol–water partition coefficient (Wildman–Crippen LogP) is 4.82. The number of carbonyl (C=O) groups excluding carboxylic acids is 1. The molecular weight excluding hydrogens is 420 g/mol. The fraction of sp³-hybridized carbons (Fsp3) is 0.577. The van der Waals surface area contributed by atoms with E-state index in [-0.39, 0.29) is 23.7 Å². The molecule has 1 aliphatic rings. The van der Waals surface area contributed by atoms with Crippen LogP contribution in [-0.2, 0) is 20.9 Å². The van der Waals surface area contributed by atoms with Crippen LogP contribution in [0.3, 0.4) is 0 Å². The highest BCUT2D eigenvalue weighted by Crippen LogP contribution is 2.30. The SMILES string of the molecule is Cc1ccc(-c2nc(COCC3CCCC(C(=O)N[C@H](C(=O)O)C(C)C)C3)c(C)o2)cc1C. The van der Waals surface area contributed by atoms with Gasteiger partial charge in [0.25, 0.3) is 0 Å². The van der Waals surface area contributed by atoms with Gasteiger partial charge in [-0.15, -0.1) is 0 Å². The average Bonchev–Trinajstić information content (AvgIpc) is 3.14. The Labute approximate surface area is 195 Å². The van der Waals surface area contributed by atoms with Crippen LogP contribution in [0.1, 0.15) is 62.1 Å². The molecule has 2 unspecified atom stereocenters. The van der Waals surface area contributed by atoms with Gasteiger partial charge in [-0.1, -0.05) is 26.3 Å². The van der Waals surface area contributed by atoms with Crippen LogP contribution in [0.25, 0.3) is 11.5 Å². The van der Waals surface area contributed by atoms with Gasteiger partial charge >= 0.3 is 5.97 Å². The number of nitrogens with zero attached hydrogens (tertiary/aromatic N) is 1. The van der Waals surface area contributed by atoms with Crippen LogP contribution < -0.4 is 5.32 Å². The lowest BCUT2D eigenvalue weighted by molar-refractivity contribution is -0.144. The molecule has 3 rings (SSSR count). The van der Waals surface area contributed by atoms with E-state index in [9.17, 15) is 14.7 Å². The van der Waals surface area contributed by atoms with Crippen molar-refractivity contribution >= 4 is 11.9 Å². The Morgan fingerprint density at radius 2 is 1.97 bits per heavy atom. The number of nitrogens with one attached hydrogen (secondary N) is 1. The van der Waals surface area contributed by atoms with Crippen LogP contribution in [-0.4, -0.2) is 34.6 Å². The third-order valence-electron chi connectivity index (χ3n) is 6.62. The molecule has 0 saturated heterocycles. The van der Waals surface area contributed by atoms with Crippen molar-refractivity contribution in [2.75, 3.05) is 6.61 Å². The first-order valence-corrected chi connectivity index (χ1v) is 11.8. The summed E-state index contributed by atoms with van der Waals surface area (Å²) >= 11 is 0. The van der Waals surface area contributed by atoms with Gasteiger partial charge in [0.15, 0.2) is 0 Å². The van der Waals surface area contributed by atoms with Crippen molar-refractivity contribution < 1.29 is 23.8 Å². The summed E-state index contributed by atoms with van der Waals surface area (Å²) in [5.41, 5.74) is 4.16. The third-order valence-corrected chi connectivity index (χ3v) is 6.62. The van der Waals surface area contributed by atoms with E-state index >= 15 is 0 Å². The molecule has 1 fully saturated rings. The average molecular weight is 457 g/mol. The Kier molecular flexibility index (Phi) is 8.30. The van der Waals surface area contributed by atoms with Gasteiger partial charge in [0.2, 0.25) is 11.8 Å². The van der Waals surface area contributed by atoms with Gasteiger partial charge in [0.1, 0.15) is 17.5 Å². The first kappa shape index (κ1) is 25.0. The Hall–Kier alpha value is -2.67. The van der Waals surface area contributed by atoms with Crippen molar-refractivity contribution in [2.45, 2.75) is 73.0 Å². The minimum absolute atomic E-state index is 0.159. The van der Waals surface area contributed by atoms with Crippen molar-refractivity contribution in [3.8, 4) is 11.5 Å². The van der Waals surface area contributed by atoms with Crippen LogP contribution in [0, 0.1) is 38.5 Å². The molecule has 7 heteroatoms. The van der Waals surface area contributed by atoms with E-state index in [0.29, 0.717) is 25.5 Å². The molecular formula is C26H36N2O5. The second-order valence-electron chi connectivity index (χ2n) is 9.63. The molecule has 0 spiro atoms. The predicted molar refractivity (Wildman–Crippen MR) is 126 cm³/mol. The number of hydrogen-bond donors (Lipinski definition) is 2. The number of aromatic nitrogens is 1. The number of carboxylic acid groups (broad SMARTS) is 1. The van der Waals surface area contributed by atoms with Crippen LogP contribution in [0.4, 0.5) is 0 Å². The Bertz CT molecular complexity index is 981. The van der Waals surface area contributed by atoms with E-state index in [1.165, 1.54) is 11.1 Å². The third kappa shape index (κ3) is 6.44. The minimum Gasteiger partial charge on any atom is -0.480 e. The molecule has 1 heterocycles. The smallest absolute Gasteiger partial charge is 0.326 e. The molecule has 0 radical (unpaired) electrons. The quantitative estimate of drug-likeness (QED) is 0.561. The van der Waals surface area contributed by atoms with Gasteiger partial charge < -0.3 is 19.6 Å². The van der Waals surface area contributed by atoms with Crippen LogP contribution in [0.5, 0.6) is 0 Å². The van der Waals surface area contributed by atoms with Crippen LogP contribution in [0.2, 0.25) is 0 Å². The summed E-state index contributed by atoms with van der Waals surface area (Å²) < 4.78 is 11.8. The van der Waals surface area contributed by atoms with Gasteiger partial charge in [-0.25, -0.2) is 9.78 Å². The molecule has 180 valence electrons. The van der Waals surface area contributed by atoms with E-state index in [1.54, 1.807) is 13.8 Å². The maximum Gasteiger partial charge on any atom is 0.326 e. The number of aliphatic carboxylic acids is 1. The number of oxazole rings is 1. The molecule has 33 heavy (non-hydrogen) atoms. The highest BCUT2D eigenvalue weighted by molar-refractivity contribution is 5.85. The topological polar surface area (TPSA) is 102 Å². The molecule has 1 amide bonds. The maximum absolute atomic E-state index is 12.6. The van der Waals surface area contributed by atoms with Crippen molar-refractivity contribution in [3.63, 3.8) is 0 Å². The lowest BCUT2D eigenvalue weighted by atomic mass is 9.81. The van der Waals surface area contributed by atoms with Gasteiger partial charge in [0, 0.05) is 18.1 Å². The van der Waals surface area contributed by atoms with Crippen molar-refractivity contribution in [3.05, 3.63) is 40.8 Å². The second-order valence-corrected chi connectivity index (χ2v) is 9.63. The summed E-state index contributed by atoms with van der Waals surface area (Å²) in [6, 6.07) is 5.30. The summed E-state index contributed by atoms with van der Waals surface area (Å²) in [4.78, 5) is 28.7. The van der Waals surface area contributed by atoms with E-state index in [2.05, 4.69) is 36.3 Å². The lowest BCUT2D eigenvalue weighted by Gasteiger charge is -2.29. The molecule has 3 atom stereocenters. The Morgan fingerprint density at radius 1 is 1.21 bits per heavy atom. The monoisotopic (exact) mass is 456 g/mol. The maximum atomic E-state index is 12.6. The van der Waals surface area contributed by atoms with Crippen LogP contribution >= 0.6 is 0 Å². The number of carbonyl (C=O) groups is 2. The summed E-state index contributed by atoms with van der Waals surface area (Å²) in [7, 11) is 0. The molecule has 1 aromatic heterocycles. The molecule has 0 bridgehead atoms.